The normalized spacial score (nSPS) is 12.2. The van der Waals surface area contributed by atoms with Crippen molar-refractivity contribution in [3.8, 4) is 0 Å². The van der Waals surface area contributed by atoms with E-state index >= 15 is 0 Å². The lowest BCUT2D eigenvalue weighted by Crippen LogP contribution is -2.29. The van der Waals surface area contributed by atoms with Gasteiger partial charge in [-0.1, -0.05) is 23.8 Å². The molecule has 0 radical (unpaired) electrons. The number of nitrogens with zero attached hydrogens (tertiary/aromatic N) is 2. The fourth-order valence-corrected chi connectivity index (χ4v) is 2.44. The number of amides is 1. The summed E-state index contributed by atoms with van der Waals surface area (Å²) in [5.41, 5.74) is 4.17. The van der Waals surface area contributed by atoms with Gasteiger partial charge in [-0.05, 0) is 44.9 Å². The van der Waals surface area contributed by atoms with E-state index in [1.807, 2.05) is 13.8 Å². The molecule has 106 valence electrons. The molecular formula is C16H21N3O. The second-order valence-corrected chi connectivity index (χ2v) is 5.09. The van der Waals surface area contributed by atoms with E-state index in [1.165, 1.54) is 11.1 Å². The molecule has 0 spiro atoms. The molecule has 0 bridgehead atoms. The summed E-state index contributed by atoms with van der Waals surface area (Å²) in [4.78, 5) is 12.3. The minimum absolute atomic E-state index is 0.0247. The highest BCUT2D eigenvalue weighted by atomic mass is 16.2. The zero-order chi connectivity index (χ0) is 14.7. The van der Waals surface area contributed by atoms with Crippen molar-refractivity contribution in [1.82, 2.24) is 15.1 Å². The summed E-state index contributed by atoms with van der Waals surface area (Å²) in [5.74, 6) is -0.0863. The number of nitrogens with one attached hydrogen (secondary N) is 1. The van der Waals surface area contributed by atoms with E-state index in [9.17, 15) is 4.79 Å². The number of hydrogen-bond acceptors (Lipinski definition) is 2. The number of hydrogen-bond donors (Lipinski definition) is 1. The van der Waals surface area contributed by atoms with Gasteiger partial charge < -0.3 is 5.32 Å². The molecule has 1 heterocycles. The van der Waals surface area contributed by atoms with Gasteiger partial charge >= 0.3 is 0 Å². The first-order chi connectivity index (χ1) is 9.52. The minimum atomic E-state index is -0.0863. The highest BCUT2D eigenvalue weighted by molar-refractivity contribution is 5.92. The second-order valence-electron chi connectivity index (χ2n) is 5.09. The van der Waals surface area contributed by atoms with Crippen LogP contribution in [-0.2, 0) is 6.54 Å². The van der Waals surface area contributed by atoms with Gasteiger partial charge in [0.1, 0.15) is 5.69 Å². The van der Waals surface area contributed by atoms with Crippen LogP contribution in [0.25, 0.3) is 0 Å². The van der Waals surface area contributed by atoms with Crippen molar-refractivity contribution in [2.75, 3.05) is 0 Å². The van der Waals surface area contributed by atoms with Crippen molar-refractivity contribution in [1.29, 1.82) is 0 Å². The van der Waals surface area contributed by atoms with Gasteiger partial charge in [-0.25, -0.2) is 0 Å². The van der Waals surface area contributed by atoms with Crippen LogP contribution in [0.5, 0.6) is 0 Å². The summed E-state index contributed by atoms with van der Waals surface area (Å²) in [6.45, 7) is 8.80. The average Bonchev–Trinajstić information content (AvgIpc) is 2.86. The second kappa shape index (κ2) is 5.90. The zero-order valence-corrected chi connectivity index (χ0v) is 12.5. The van der Waals surface area contributed by atoms with E-state index < -0.39 is 0 Å². The number of carbonyl (C=O) groups excluding carboxylic acids is 1. The molecule has 1 amide bonds. The Morgan fingerprint density at radius 1 is 1.35 bits per heavy atom. The Hall–Kier alpha value is -2.10. The molecule has 0 aliphatic carbocycles. The van der Waals surface area contributed by atoms with Crippen LogP contribution in [0.3, 0.4) is 0 Å². The smallest absolute Gasteiger partial charge is 0.270 e. The lowest BCUT2D eigenvalue weighted by molar-refractivity contribution is 0.0929. The lowest BCUT2D eigenvalue weighted by atomic mass is 10.0. The maximum absolute atomic E-state index is 12.3. The van der Waals surface area contributed by atoms with Crippen molar-refractivity contribution in [3.63, 3.8) is 0 Å². The molecule has 1 N–H and O–H groups in total. The molecule has 4 nitrogen and oxygen atoms in total. The molecular weight excluding hydrogens is 250 g/mol. The summed E-state index contributed by atoms with van der Waals surface area (Å²) in [7, 11) is 0. The molecule has 1 unspecified atom stereocenters. The molecule has 0 saturated carbocycles. The Balaban J connectivity index is 2.15. The van der Waals surface area contributed by atoms with Crippen molar-refractivity contribution in [3.05, 3.63) is 52.8 Å². The lowest BCUT2D eigenvalue weighted by Gasteiger charge is -2.17. The number of rotatable bonds is 4. The molecule has 0 saturated heterocycles. The predicted molar refractivity (Wildman–Crippen MR) is 79.7 cm³/mol. The van der Waals surface area contributed by atoms with Crippen molar-refractivity contribution < 1.29 is 4.79 Å². The molecule has 2 rings (SSSR count). The van der Waals surface area contributed by atoms with E-state index in [0.29, 0.717) is 12.2 Å². The summed E-state index contributed by atoms with van der Waals surface area (Å²) in [6.07, 6.45) is 1.65. The largest absolute Gasteiger partial charge is 0.344 e. The van der Waals surface area contributed by atoms with Crippen LogP contribution in [0.15, 0.2) is 30.5 Å². The summed E-state index contributed by atoms with van der Waals surface area (Å²) < 4.78 is 1.70. The highest BCUT2D eigenvalue weighted by Crippen LogP contribution is 2.19. The monoisotopic (exact) mass is 271 g/mol. The summed E-state index contributed by atoms with van der Waals surface area (Å²) >= 11 is 0. The zero-order valence-electron chi connectivity index (χ0n) is 12.5. The number of benzene rings is 1. The van der Waals surface area contributed by atoms with Crippen LogP contribution < -0.4 is 5.32 Å². The van der Waals surface area contributed by atoms with Gasteiger partial charge in [0.2, 0.25) is 0 Å². The number of carbonyl (C=O) groups is 1. The molecule has 4 heteroatoms. The molecule has 2 aromatic rings. The van der Waals surface area contributed by atoms with Crippen LogP contribution >= 0.6 is 0 Å². The molecule has 0 aliphatic heterocycles. The van der Waals surface area contributed by atoms with E-state index in [4.69, 9.17) is 0 Å². The number of aryl methyl sites for hydroxylation is 3. The maximum Gasteiger partial charge on any atom is 0.270 e. The van der Waals surface area contributed by atoms with Crippen molar-refractivity contribution >= 4 is 5.91 Å². The van der Waals surface area contributed by atoms with Gasteiger partial charge in [-0.3, -0.25) is 9.48 Å². The van der Waals surface area contributed by atoms with Crippen LogP contribution in [0, 0.1) is 13.8 Å². The SMILES string of the molecule is CCn1nccc1C(=O)NC(C)c1ccc(C)cc1C. The Kier molecular flexibility index (Phi) is 4.23. The molecule has 1 aromatic carbocycles. The third-order valence-electron chi connectivity index (χ3n) is 3.49. The first-order valence-electron chi connectivity index (χ1n) is 6.92. The van der Waals surface area contributed by atoms with Crippen LogP contribution in [0.1, 0.15) is 47.1 Å². The van der Waals surface area contributed by atoms with E-state index in [-0.39, 0.29) is 11.9 Å². The highest BCUT2D eigenvalue weighted by Gasteiger charge is 2.16. The standard InChI is InChI=1S/C16H21N3O/c1-5-19-15(8-9-17-19)16(20)18-13(4)14-7-6-11(2)10-12(14)3/h6-10,13H,5H2,1-4H3,(H,18,20). The third kappa shape index (κ3) is 2.90. The Morgan fingerprint density at radius 2 is 2.10 bits per heavy atom. The van der Waals surface area contributed by atoms with Gasteiger partial charge in [0.05, 0.1) is 6.04 Å². The van der Waals surface area contributed by atoms with E-state index in [0.717, 1.165) is 5.56 Å². The maximum atomic E-state index is 12.3. The summed E-state index contributed by atoms with van der Waals surface area (Å²) in [6, 6.07) is 8.00. The van der Waals surface area contributed by atoms with Gasteiger partial charge in [0.25, 0.3) is 5.91 Å². The van der Waals surface area contributed by atoms with E-state index in [1.54, 1.807) is 16.9 Å². The van der Waals surface area contributed by atoms with E-state index in [2.05, 4.69) is 42.5 Å². The Labute approximate surface area is 119 Å². The molecule has 1 aromatic heterocycles. The molecule has 20 heavy (non-hydrogen) atoms. The third-order valence-corrected chi connectivity index (χ3v) is 3.49. The Bertz CT molecular complexity index is 616. The van der Waals surface area contributed by atoms with Gasteiger partial charge in [-0.15, -0.1) is 0 Å². The fourth-order valence-electron chi connectivity index (χ4n) is 2.44. The molecule has 1 atom stereocenters. The van der Waals surface area contributed by atoms with Crippen LogP contribution in [-0.4, -0.2) is 15.7 Å². The quantitative estimate of drug-likeness (QED) is 0.929. The average molecular weight is 271 g/mol. The fraction of sp³-hybridized carbons (Fsp3) is 0.375. The molecule has 0 aliphatic rings. The van der Waals surface area contributed by atoms with Gasteiger partial charge in [0.15, 0.2) is 0 Å². The van der Waals surface area contributed by atoms with Crippen molar-refractivity contribution in [2.24, 2.45) is 0 Å². The first kappa shape index (κ1) is 14.3. The Morgan fingerprint density at radius 3 is 2.75 bits per heavy atom. The minimum Gasteiger partial charge on any atom is -0.344 e. The summed E-state index contributed by atoms with van der Waals surface area (Å²) in [5, 5.41) is 7.15. The number of aromatic nitrogens is 2. The van der Waals surface area contributed by atoms with Crippen LogP contribution in [0.2, 0.25) is 0 Å². The predicted octanol–water partition coefficient (Wildman–Crippen LogP) is 3.01. The van der Waals surface area contributed by atoms with Crippen molar-refractivity contribution in [2.45, 2.75) is 40.3 Å². The first-order valence-corrected chi connectivity index (χ1v) is 6.92. The topological polar surface area (TPSA) is 46.9 Å². The van der Waals surface area contributed by atoms with Gasteiger partial charge in [-0.2, -0.15) is 5.10 Å². The van der Waals surface area contributed by atoms with Crippen LogP contribution in [0.4, 0.5) is 0 Å². The molecule has 0 fully saturated rings. The van der Waals surface area contributed by atoms with Gasteiger partial charge in [0, 0.05) is 12.7 Å².